The first-order valence-corrected chi connectivity index (χ1v) is 11.2. The highest BCUT2D eigenvalue weighted by Gasteiger charge is 2.31. The molecule has 6 heteroatoms. The minimum atomic E-state index is -0.514. The zero-order valence-electron chi connectivity index (χ0n) is 19.4. The normalized spacial score (nSPS) is 14.7. The van der Waals surface area contributed by atoms with Crippen LogP contribution in [0.2, 0.25) is 0 Å². The van der Waals surface area contributed by atoms with Gasteiger partial charge in [-0.05, 0) is 48.2 Å². The minimum Gasteiger partial charge on any atom is -0.494 e. The lowest BCUT2D eigenvalue weighted by Crippen LogP contribution is -2.21. The lowest BCUT2D eigenvalue weighted by molar-refractivity contribution is 0.0734. The number of ether oxygens (including phenoxy) is 3. The monoisotopic (exact) mass is 454 g/mol. The van der Waals surface area contributed by atoms with E-state index in [0.717, 1.165) is 11.1 Å². The number of benzene rings is 3. The van der Waals surface area contributed by atoms with Crippen LogP contribution in [0.1, 0.15) is 59.7 Å². The molecule has 0 fully saturated rings. The van der Waals surface area contributed by atoms with Crippen LogP contribution in [-0.4, -0.2) is 12.6 Å². The van der Waals surface area contributed by atoms with Gasteiger partial charge in [-0.1, -0.05) is 50.2 Å². The highest BCUT2D eigenvalue weighted by atomic mass is 16.5. The van der Waals surface area contributed by atoms with E-state index in [1.54, 1.807) is 42.5 Å². The fourth-order valence-corrected chi connectivity index (χ4v) is 3.96. The van der Waals surface area contributed by atoms with Crippen LogP contribution < -0.4 is 19.9 Å². The summed E-state index contributed by atoms with van der Waals surface area (Å²) in [5.74, 6) is 0.913. The molecule has 0 aliphatic carbocycles. The number of carbonyl (C=O) groups excluding carboxylic acids is 1. The van der Waals surface area contributed by atoms with Gasteiger partial charge in [-0.25, -0.2) is 4.79 Å². The molecular weight excluding hydrogens is 428 g/mol. The molecule has 1 heterocycles. The third-order valence-electron chi connectivity index (χ3n) is 5.72. The molecule has 4 rings (SSSR count). The minimum absolute atomic E-state index is 0.0424. The number of rotatable bonds is 6. The molecule has 0 saturated carbocycles. The van der Waals surface area contributed by atoms with Gasteiger partial charge in [-0.15, -0.1) is 0 Å². The SMILES string of the molecule is CCOc1cccc(C(=O)Oc2ccc3c(c2)OC(N)=C(C#N)C3c2ccc(C(C)C)cc2)c1. The van der Waals surface area contributed by atoms with Gasteiger partial charge in [-0.3, -0.25) is 0 Å². The number of nitriles is 1. The zero-order valence-corrected chi connectivity index (χ0v) is 19.4. The van der Waals surface area contributed by atoms with Crippen molar-refractivity contribution in [3.63, 3.8) is 0 Å². The zero-order chi connectivity index (χ0) is 24.2. The van der Waals surface area contributed by atoms with E-state index in [2.05, 4.69) is 32.0 Å². The quantitative estimate of drug-likeness (QED) is 0.382. The molecule has 1 aliphatic heterocycles. The van der Waals surface area contributed by atoms with Crippen molar-refractivity contribution >= 4 is 5.97 Å². The van der Waals surface area contributed by atoms with Gasteiger partial charge in [0.2, 0.25) is 5.88 Å². The largest absolute Gasteiger partial charge is 0.494 e. The Morgan fingerprint density at radius 2 is 1.85 bits per heavy atom. The first-order valence-electron chi connectivity index (χ1n) is 11.2. The summed E-state index contributed by atoms with van der Waals surface area (Å²) in [6.45, 7) is 6.64. The standard InChI is InChI=1S/C28H26N2O4/c1-4-32-21-7-5-6-20(14-21)28(31)33-22-12-13-23-25(15-22)34-27(30)24(16-29)26(23)19-10-8-18(9-11-19)17(2)3/h5-15,17,26H,4,30H2,1-3H3. The molecule has 3 aromatic carbocycles. The second-order valence-electron chi connectivity index (χ2n) is 8.30. The van der Waals surface area contributed by atoms with Gasteiger partial charge in [-0.2, -0.15) is 5.26 Å². The van der Waals surface area contributed by atoms with E-state index < -0.39 is 5.97 Å². The van der Waals surface area contributed by atoms with Gasteiger partial charge in [0.25, 0.3) is 0 Å². The predicted octanol–water partition coefficient (Wildman–Crippen LogP) is 5.65. The molecule has 0 spiro atoms. The Balaban J connectivity index is 1.64. The molecule has 2 N–H and O–H groups in total. The lowest BCUT2D eigenvalue weighted by Gasteiger charge is -2.27. The Labute approximate surface area is 199 Å². The lowest BCUT2D eigenvalue weighted by atomic mass is 9.83. The molecular formula is C28H26N2O4. The van der Waals surface area contributed by atoms with Crippen molar-refractivity contribution in [1.82, 2.24) is 0 Å². The van der Waals surface area contributed by atoms with E-state index in [9.17, 15) is 10.1 Å². The maximum Gasteiger partial charge on any atom is 0.343 e. The second-order valence-corrected chi connectivity index (χ2v) is 8.30. The van der Waals surface area contributed by atoms with Crippen molar-refractivity contribution in [3.05, 3.63) is 100 Å². The summed E-state index contributed by atoms with van der Waals surface area (Å²) in [7, 11) is 0. The fraction of sp³-hybridized carbons (Fsp3) is 0.214. The highest BCUT2D eigenvalue weighted by molar-refractivity contribution is 5.91. The number of esters is 1. The highest BCUT2D eigenvalue weighted by Crippen LogP contribution is 2.43. The van der Waals surface area contributed by atoms with E-state index in [0.29, 0.717) is 40.9 Å². The maximum atomic E-state index is 12.7. The van der Waals surface area contributed by atoms with Crippen molar-refractivity contribution in [1.29, 1.82) is 5.26 Å². The van der Waals surface area contributed by atoms with Gasteiger partial charge in [0.15, 0.2) is 0 Å². The smallest absolute Gasteiger partial charge is 0.343 e. The van der Waals surface area contributed by atoms with Gasteiger partial charge in [0.1, 0.15) is 28.9 Å². The van der Waals surface area contributed by atoms with E-state index in [1.807, 2.05) is 19.1 Å². The Morgan fingerprint density at radius 3 is 2.53 bits per heavy atom. The van der Waals surface area contributed by atoms with Gasteiger partial charge >= 0.3 is 5.97 Å². The summed E-state index contributed by atoms with van der Waals surface area (Å²) in [6.07, 6.45) is 0. The Morgan fingerprint density at radius 1 is 1.09 bits per heavy atom. The number of allylic oxidation sites excluding steroid dienone is 1. The molecule has 0 aromatic heterocycles. The number of hydrogen-bond acceptors (Lipinski definition) is 6. The summed E-state index contributed by atoms with van der Waals surface area (Å²) < 4.78 is 16.8. The number of hydrogen-bond donors (Lipinski definition) is 1. The van der Waals surface area contributed by atoms with Crippen LogP contribution in [0.15, 0.2) is 78.2 Å². The molecule has 1 unspecified atom stereocenters. The summed E-state index contributed by atoms with van der Waals surface area (Å²) in [4.78, 5) is 12.7. The molecule has 3 aromatic rings. The van der Waals surface area contributed by atoms with Gasteiger partial charge in [0.05, 0.1) is 18.1 Å². The van der Waals surface area contributed by atoms with Crippen LogP contribution in [0, 0.1) is 11.3 Å². The summed E-state index contributed by atoms with van der Waals surface area (Å²) in [5.41, 5.74) is 9.76. The number of nitrogens with two attached hydrogens (primary N) is 1. The molecule has 172 valence electrons. The Hall–Kier alpha value is -4.24. The van der Waals surface area contributed by atoms with E-state index in [1.165, 1.54) is 5.56 Å². The third kappa shape index (κ3) is 4.60. The van der Waals surface area contributed by atoms with Crippen molar-refractivity contribution in [2.75, 3.05) is 6.61 Å². The first-order chi connectivity index (χ1) is 16.4. The summed E-state index contributed by atoms with van der Waals surface area (Å²) in [5, 5.41) is 9.77. The Bertz CT molecular complexity index is 1290. The molecule has 0 amide bonds. The average Bonchev–Trinajstić information content (AvgIpc) is 2.83. The topological polar surface area (TPSA) is 94.6 Å². The van der Waals surface area contributed by atoms with Crippen molar-refractivity contribution < 1.29 is 19.0 Å². The molecule has 0 radical (unpaired) electrons. The van der Waals surface area contributed by atoms with Gasteiger partial charge < -0.3 is 19.9 Å². The number of fused-ring (bicyclic) bond motifs is 1. The van der Waals surface area contributed by atoms with E-state index in [-0.39, 0.29) is 11.8 Å². The molecule has 6 nitrogen and oxygen atoms in total. The van der Waals surface area contributed by atoms with Crippen LogP contribution in [0.5, 0.6) is 17.2 Å². The van der Waals surface area contributed by atoms with Crippen LogP contribution in [0.25, 0.3) is 0 Å². The summed E-state index contributed by atoms with van der Waals surface area (Å²) >= 11 is 0. The van der Waals surface area contributed by atoms with E-state index in [4.69, 9.17) is 19.9 Å². The van der Waals surface area contributed by atoms with Crippen molar-refractivity contribution in [2.45, 2.75) is 32.6 Å². The van der Waals surface area contributed by atoms with E-state index >= 15 is 0 Å². The van der Waals surface area contributed by atoms with Gasteiger partial charge in [0, 0.05) is 11.6 Å². The Kier molecular flexibility index (Phi) is 6.55. The predicted molar refractivity (Wildman–Crippen MR) is 129 cm³/mol. The van der Waals surface area contributed by atoms with Crippen molar-refractivity contribution in [3.8, 4) is 23.3 Å². The second kappa shape index (κ2) is 9.72. The molecule has 0 bridgehead atoms. The third-order valence-corrected chi connectivity index (χ3v) is 5.72. The van der Waals surface area contributed by atoms with Crippen molar-refractivity contribution in [2.24, 2.45) is 5.73 Å². The maximum absolute atomic E-state index is 12.7. The van der Waals surface area contributed by atoms with Crippen LogP contribution in [0.3, 0.4) is 0 Å². The average molecular weight is 455 g/mol. The molecule has 1 atom stereocenters. The summed E-state index contributed by atoms with van der Waals surface area (Å²) in [6, 6.07) is 22.3. The number of carbonyl (C=O) groups is 1. The molecule has 0 saturated heterocycles. The van der Waals surface area contributed by atoms with Crippen LogP contribution >= 0.6 is 0 Å². The molecule has 1 aliphatic rings. The van der Waals surface area contributed by atoms with Crippen LogP contribution in [0.4, 0.5) is 0 Å². The molecule has 34 heavy (non-hydrogen) atoms. The first kappa shape index (κ1) is 22.9. The number of nitrogens with zero attached hydrogens (tertiary/aromatic N) is 1. The fourth-order valence-electron chi connectivity index (χ4n) is 3.96. The van der Waals surface area contributed by atoms with Crippen LogP contribution in [-0.2, 0) is 0 Å².